The van der Waals surface area contributed by atoms with Gasteiger partial charge in [-0.15, -0.1) is 0 Å². The Balaban J connectivity index is 4.40. The quantitative estimate of drug-likeness (QED) is 0.196. The van der Waals surface area contributed by atoms with Crippen LogP contribution in [-0.2, 0) is 13.3 Å². The zero-order valence-corrected chi connectivity index (χ0v) is 17.6. The molecule has 0 heterocycles. The molecule has 0 aliphatic heterocycles. The van der Waals surface area contributed by atoms with Crippen LogP contribution in [0.5, 0.6) is 0 Å². The van der Waals surface area contributed by atoms with Gasteiger partial charge >= 0.3 is 0 Å². The molecule has 7 heteroatoms. The topological polar surface area (TPSA) is 27.7 Å². The zero-order chi connectivity index (χ0) is 12.6. The SMILES string of the molecule is C[SiH](C)OC(CCCCI)(O[SiH3])O[SiH](C)C. The average Bonchev–Trinajstić information content (AvgIpc) is 2.16. The number of alkyl halides is 1. The summed E-state index contributed by atoms with van der Waals surface area (Å²) in [5.41, 5.74) is 0. The predicted molar refractivity (Wildman–Crippen MR) is 86.4 cm³/mol. The summed E-state index contributed by atoms with van der Waals surface area (Å²) < 4.78 is 18.9. The monoisotopic (exact) mass is 392 g/mol. The lowest BCUT2D eigenvalue weighted by Gasteiger charge is -2.36. The summed E-state index contributed by atoms with van der Waals surface area (Å²) in [7, 11) is -1.59. The molecule has 0 saturated carbocycles. The number of hydrogen-bond donors (Lipinski definition) is 0. The van der Waals surface area contributed by atoms with E-state index in [4.69, 9.17) is 13.3 Å². The summed E-state index contributed by atoms with van der Waals surface area (Å²) in [6, 6.07) is 0. The first kappa shape index (κ1) is 17.3. The number of rotatable bonds is 9. The predicted octanol–water partition coefficient (Wildman–Crippen LogP) is 1.54. The minimum Gasteiger partial charge on any atom is -0.382 e. The molecule has 0 aliphatic rings. The third-order valence-corrected chi connectivity index (χ3v) is 5.05. The number of unbranched alkanes of at least 4 members (excludes halogenated alkanes) is 1. The maximum atomic E-state index is 6.01. The van der Waals surface area contributed by atoms with E-state index in [0.717, 1.165) is 12.8 Å². The van der Waals surface area contributed by atoms with E-state index in [1.54, 1.807) is 0 Å². The van der Waals surface area contributed by atoms with Gasteiger partial charge < -0.3 is 13.3 Å². The second kappa shape index (κ2) is 9.23. The number of hydrogen-bond acceptors (Lipinski definition) is 3. The van der Waals surface area contributed by atoms with Gasteiger partial charge in [0.2, 0.25) is 0 Å². The Labute approximate surface area is 120 Å². The minimum atomic E-state index is -1.13. The lowest BCUT2D eigenvalue weighted by molar-refractivity contribution is -0.262. The van der Waals surface area contributed by atoms with Crippen molar-refractivity contribution in [3.8, 4) is 0 Å². The molecule has 0 saturated heterocycles. The molecule has 0 fully saturated rings. The van der Waals surface area contributed by atoms with Crippen LogP contribution in [-0.4, -0.2) is 39.0 Å². The van der Waals surface area contributed by atoms with E-state index in [-0.39, 0.29) is 0 Å². The molecule has 0 aromatic rings. The average molecular weight is 392 g/mol. The van der Waals surface area contributed by atoms with Gasteiger partial charge in [-0.25, -0.2) is 0 Å². The van der Waals surface area contributed by atoms with Crippen molar-refractivity contribution >= 4 is 51.2 Å². The fraction of sp³-hybridized carbons (Fsp3) is 1.00. The van der Waals surface area contributed by atoms with Crippen LogP contribution in [0.2, 0.25) is 26.2 Å². The van der Waals surface area contributed by atoms with Gasteiger partial charge in [0, 0.05) is 6.42 Å². The van der Waals surface area contributed by atoms with Crippen molar-refractivity contribution in [1.82, 2.24) is 0 Å². The standard InChI is InChI=1S/C9H25IO3Si3/c1-15(2)12-9(11-14,13-16(3)4)7-5-6-8-10/h15-16H,5-8H2,1-4,14H3. The summed E-state index contributed by atoms with van der Waals surface area (Å²) in [6.07, 6.45) is 3.21. The third kappa shape index (κ3) is 7.56. The summed E-state index contributed by atoms with van der Waals surface area (Å²) in [5, 5.41) is 0. The lowest BCUT2D eigenvalue weighted by atomic mass is 10.2. The number of halogens is 1. The van der Waals surface area contributed by atoms with E-state index in [9.17, 15) is 0 Å². The normalized spacial score (nSPS) is 12.9. The Hall–Kier alpha value is 1.26. The van der Waals surface area contributed by atoms with Crippen LogP contribution in [0.3, 0.4) is 0 Å². The van der Waals surface area contributed by atoms with Gasteiger partial charge in [-0.1, -0.05) is 22.6 Å². The van der Waals surface area contributed by atoms with Crippen molar-refractivity contribution in [2.75, 3.05) is 4.43 Å². The van der Waals surface area contributed by atoms with Crippen LogP contribution in [0.1, 0.15) is 19.3 Å². The Kier molecular flexibility index (Phi) is 9.95. The van der Waals surface area contributed by atoms with E-state index in [2.05, 4.69) is 48.8 Å². The first-order valence-electron chi connectivity index (χ1n) is 5.92. The Morgan fingerprint density at radius 2 is 1.56 bits per heavy atom. The van der Waals surface area contributed by atoms with Crippen molar-refractivity contribution in [2.45, 2.75) is 51.4 Å². The summed E-state index contributed by atoms with van der Waals surface area (Å²) in [5.74, 6) is -0.682. The van der Waals surface area contributed by atoms with Gasteiger partial charge in [-0.05, 0) is 43.5 Å². The molecule has 98 valence electrons. The molecule has 0 rings (SSSR count). The molecule has 0 radical (unpaired) electrons. The van der Waals surface area contributed by atoms with Gasteiger partial charge in [0.15, 0.2) is 28.6 Å². The van der Waals surface area contributed by atoms with Gasteiger partial charge in [-0.3, -0.25) is 0 Å². The molecule has 0 aliphatic carbocycles. The molecule has 0 atom stereocenters. The van der Waals surface area contributed by atoms with Crippen LogP contribution in [0.4, 0.5) is 0 Å². The van der Waals surface area contributed by atoms with Crippen LogP contribution in [0.25, 0.3) is 0 Å². The lowest BCUT2D eigenvalue weighted by Crippen LogP contribution is -2.44. The van der Waals surface area contributed by atoms with E-state index < -0.39 is 24.1 Å². The van der Waals surface area contributed by atoms with Crippen LogP contribution in [0, 0.1) is 0 Å². The van der Waals surface area contributed by atoms with Crippen LogP contribution in [0.15, 0.2) is 0 Å². The maximum absolute atomic E-state index is 6.01. The fourth-order valence-corrected chi connectivity index (χ4v) is 4.91. The minimum absolute atomic E-state index is 0.668. The van der Waals surface area contributed by atoms with Gasteiger partial charge in [0.25, 0.3) is 5.97 Å². The second-order valence-corrected chi connectivity index (χ2v) is 10.5. The molecule has 0 spiro atoms. The maximum Gasteiger partial charge on any atom is 0.253 e. The van der Waals surface area contributed by atoms with Crippen LogP contribution < -0.4 is 0 Å². The third-order valence-electron chi connectivity index (χ3n) is 2.01. The largest absolute Gasteiger partial charge is 0.382 e. The van der Waals surface area contributed by atoms with Crippen molar-refractivity contribution in [3.63, 3.8) is 0 Å². The fourth-order valence-electron chi connectivity index (χ4n) is 1.50. The summed E-state index contributed by atoms with van der Waals surface area (Å²) >= 11 is 2.41. The molecule has 0 unspecified atom stereocenters. The van der Waals surface area contributed by atoms with Gasteiger partial charge in [-0.2, -0.15) is 0 Å². The first-order chi connectivity index (χ1) is 7.45. The summed E-state index contributed by atoms with van der Waals surface area (Å²) in [6.45, 7) is 8.66. The molecule has 16 heavy (non-hydrogen) atoms. The highest BCUT2D eigenvalue weighted by Crippen LogP contribution is 2.24. The molecule has 0 aromatic carbocycles. The molecule has 0 N–H and O–H groups in total. The van der Waals surface area contributed by atoms with Crippen molar-refractivity contribution in [3.05, 3.63) is 0 Å². The van der Waals surface area contributed by atoms with Gasteiger partial charge in [0.05, 0.1) is 0 Å². The van der Waals surface area contributed by atoms with E-state index in [0.29, 0.717) is 10.5 Å². The Morgan fingerprint density at radius 3 is 1.88 bits per heavy atom. The highest BCUT2D eigenvalue weighted by atomic mass is 127. The molecule has 3 nitrogen and oxygen atoms in total. The second-order valence-electron chi connectivity index (χ2n) is 4.37. The molecular weight excluding hydrogens is 367 g/mol. The molecule has 0 aromatic heterocycles. The summed E-state index contributed by atoms with van der Waals surface area (Å²) in [4.78, 5) is 0. The smallest absolute Gasteiger partial charge is 0.253 e. The van der Waals surface area contributed by atoms with E-state index >= 15 is 0 Å². The van der Waals surface area contributed by atoms with Crippen molar-refractivity contribution < 1.29 is 13.3 Å². The molecule has 0 bridgehead atoms. The van der Waals surface area contributed by atoms with E-state index in [1.807, 2.05) is 0 Å². The van der Waals surface area contributed by atoms with E-state index in [1.165, 1.54) is 10.8 Å². The molecule has 0 amide bonds. The van der Waals surface area contributed by atoms with Crippen molar-refractivity contribution in [2.24, 2.45) is 0 Å². The van der Waals surface area contributed by atoms with Gasteiger partial charge in [0.1, 0.15) is 0 Å². The highest BCUT2D eigenvalue weighted by Gasteiger charge is 2.32. The highest BCUT2D eigenvalue weighted by molar-refractivity contribution is 14.1. The zero-order valence-electron chi connectivity index (χ0n) is 11.1. The van der Waals surface area contributed by atoms with Crippen LogP contribution >= 0.6 is 22.6 Å². The first-order valence-corrected chi connectivity index (χ1v) is 13.8. The van der Waals surface area contributed by atoms with Crippen molar-refractivity contribution in [1.29, 1.82) is 0 Å². The Bertz CT molecular complexity index is 171. The molecular formula is C9H25IO3Si3. The Morgan fingerprint density at radius 1 is 1.06 bits per heavy atom.